The fourth-order valence-corrected chi connectivity index (χ4v) is 8.43. The largest absolute Gasteiger partial charge is 1.00 e. The summed E-state index contributed by atoms with van der Waals surface area (Å²) < 4.78 is 42.0. The van der Waals surface area contributed by atoms with Crippen LogP contribution in [0.3, 0.4) is 0 Å². The van der Waals surface area contributed by atoms with E-state index in [9.17, 15) is 32.8 Å². The molecule has 3 fully saturated rings. The van der Waals surface area contributed by atoms with Gasteiger partial charge in [0, 0.05) is 29.7 Å². The van der Waals surface area contributed by atoms with Crippen LogP contribution in [0.1, 0.15) is 93.0 Å². The first-order valence-electron chi connectivity index (χ1n) is 17.4. The summed E-state index contributed by atoms with van der Waals surface area (Å²) >= 11 is 0. The molecule has 11 nitrogen and oxygen atoms in total. The molecular weight excluding hydrogens is 669 g/mol. The maximum absolute atomic E-state index is 13.5. The number of aromatic hydroxyl groups is 1. The number of nitrogens with one attached hydrogen (secondary N) is 1. The molecule has 0 spiro atoms. The third-order valence-corrected chi connectivity index (χ3v) is 11.3. The zero-order chi connectivity index (χ0) is 34.7. The second kappa shape index (κ2) is 16.8. The molecule has 1 amide bonds. The number of nitrogens with zero attached hydrogens (tertiary/aromatic N) is 2. The minimum atomic E-state index is -4.84. The summed E-state index contributed by atoms with van der Waals surface area (Å²) in [5.74, 6) is -0.833. The first kappa shape index (κ1) is 38.5. The number of azo groups is 1. The van der Waals surface area contributed by atoms with Crippen LogP contribution < -0.4 is 34.9 Å². The SMILES string of the molecule is Cc1ccc(N=Nc2c(O)c(C(=O)NC3CCC(OC4CCC(C(=O)C5CCCCC5)C(O)C4)CC3)cc3ccccc23)c(S(=O)(=O)[O-])c1.[Na+]. The van der Waals surface area contributed by atoms with Crippen molar-refractivity contribution in [1.29, 1.82) is 0 Å². The van der Waals surface area contributed by atoms with E-state index in [0.29, 0.717) is 42.0 Å². The van der Waals surface area contributed by atoms with Gasteiger partial charge in [-0.3, -0.25) is 9.59 Å². The van der Waals surface area contributed by atoms with Gasteiger partial charge in [0.2, 0.25) is 0 Å². The molecule has 0 bridgehead atoms. The number of aryl methyl sites for hydroxylation is 1. The van der Waals surface area contributed by atoms with Crippen molar-refractivity contribution in [2.45, 2.75) is 113 Å². The number of carbonyl (C=O) groups excluding carboxylic acids is 2. The van der Waals surface area contributed by atoms with Crippen molar-refractivity contribution in [3.8, 4) is 5.75 Å². The van der Waals surface area contributed by atoms with E-state index < -0.39 is 32.8 Å². The number of amides is 1. The summed E-state index contributed by atoms with van der Waals surface area (Å²) in [7, 11) is -4.84. The molecule has 50 heavy (non-hydrogen) atoms. The van der Waals surface area contributed by atoms with Gasteiger partial charge >= 0.3 is 29.6 Å². The molecule has 0 saturated heterocycles. The Morgan fingerprint density at radius 2 is 1.60 bits per heavy atom. The molecular formula is C37H44N3NaO8S. The number of aliphatic hydroxyl groups is 1. The van der Waals surface area contributed by atoms with Crippen molar-refractivity contribution >= 4 is 44.0 Å². The van der Waals surface area contributed by atoms with Crippen LogP contribution in [0, 0.1) is 18.8 Å². The van der Waals surface area contributed by atoms with Crippen molar-refractivity contribution in [1.82, 2.24) is 5.32 Å². The van der Waals surface area contributed by atoms with Crippen LogP contribution in [0.4, 0.5) is 11.4 Å². The van der Waals surface area contributed by atoms with Gasteiger partial charge < -0.3 is 24.8 Å². The Kier molecular flexibility index (Phi) is 12.9. The van der Waals surface area contributed by atoms with Gasteiger partial charge in [-0.05, 0) is 87.4 Å². The molecule has 6 rings (SSSR count). The molecule has 0 aliphatic heterocycles. The molecule has 3 atom stereocenters. The molecule has 3 unspecified atom stereocenters. The number of phenols is 1. The quantitative estimate of drug-likeness (QED) is 0.170. The second-order valence-electron chi connectivity index (χ2n) is 13.9. The normalized spacial score (nSPS) is 24.9. The molecule has 3 aromatic rings. The van der Waals surface area contributed by atoms with Gasteiger partial charge in [0.1, 0.15) is 27.3 Å². The van der Waals surface area contributed by atoms with Crippen molar-refractivity contribution in [3.63, 3.8) is 0 Å². The molecule has 13 heteroatoms. The number of hydrogen-bond acceptors (Lipinski definition) is 10. The maximum Gasteiger partial charge on any atom is 1.00 e. The molecule has 0 heterocycles. The molecule has 3 saturated carbocycles. The van der Waals surface area contributed by atoms with E-state index in [-0.39, 0.29) is 82.4 Å². The summed E-state index contributed by atoms with van der Waals surface area (Å²) in [6.45, 7) is 1.65. The van der Waals surface area contributed by atoms with Gasteiger partial charge in [-0.25, -0.2) is 8.42 Å². The summed E-state index contributed by atoms with van der Waals surface area (Å²) in [4.78, 5) is 26.0. The van der Waals surface area contributed by atoms with Gasteiger partial charge in [0.05, 0.1) is 28.8 Å². The van der Waals surface area contributed by atoms with Gasteiger partial charge in [-0.1, -0.05) is 49.6 Å². The van der Waals surface area contributed by atoms with Crippen LogP contribution in [-0.2, 0) is 19.6 Å². The van der Waals surface area contributed by atoms with Crippen LogP contribution >= 0.6 is 0 Å². The van der Waals surface area contributed by atoms with Gasteiger partial charge in [-0.2, -0.15) is 0 Å². The van der Waals surface area contributed by atoms with Crippen molar-refractivity contribution < 1.29 is 67.1 Å². The first-order chi connectivity index (χ1) is 23.5. The minimum Gasteiger partial charge on any atom is -0.744 e. The molecule has 262 valence electrons. The number of phenolic OH excluding ortho intramolecular Hbond substituents is 1. The zero-order valence-electron chi connectivity index (χ0n) is 28.7. The fraction of sp³-hybridized carbons (Fsp3) is 0.514. The van der Waals surface area contributed by atoms with E-state index in [1.54, 1.807) is 43.3 Å². The van der Waals surface area contributed by atoms with E-state index in [2.05, 4.69) is 15.5 Å². The fourth-order valence-electron chi connectivity index (χ4n) is 7.73. The molecule has 3 aliphatic carbocycles. The van der Waals surface area contributed by atoms with Crippen LogP contribution in [-0.4, -0.2) is 59.2 Å². The van der Waals surface area contributed by atoms with E-state index in [0.717, 1.165) is 44.9 Å². The Bertz CT molecular complexity index is 1840. The Hall–Kier alpha value is -2.71. The number of hydrogen-bond donors (Lipinski definition) is 3. The Morgan fingerprint density at radius 1 is 0.900 bits per heavy atom. The molecule has 3 aliphatic rings. The van der Waals surface area contributed by atoms with E-state index in [1.807, 2.05) is 0 Å². The number of carbonyl (C=O) groups is 2. The number of ether oxygens (including phenoxy) is 1. The minimum absolute atomic E-state index is 0. The average molecular weight is 714 g/mol. The van der Waals surface area contributed by atoms with Crippen molar-refractivity contribution in [2.24, 2.45) is 22.1 Å². The Morgan fingerprint density at radius 3 is 2.30 bits per heavy atom. The monoisotopic (exact) mass is 713 g/mol. The summed E-state index contributed by atoms with van der Waals surface area (Å²) in [5.41, 5.74) is 0.366. The predicted molar refractivity (Wildman–Crippen MR) is 182 cm³/mol. The first-order valence-corrected chi connectivity index (χ1v) is 18.8. The second-order valence-corrected chi connectivity index (χ2v) is 15.2. The Balaban J connectivity index is 0.00000486. The third kappa shape index (κ3) is 9.01. The van der Waals surface area contributed by atoms with E-state index in [1.165, 1.54) is 18.6 Å². The van der Waals surface area contributed by atoms with E-state index >= 15 is 0 Å². The predicted octanol–water partition coefficient (Wildman–Crippen LogP) is 3.91. The van der Waals surface area contributed by atoms with Crippen LogP contribution in [0.15, 0.2) is 63.7 Å². The molecule has 0 aromatic heterocycles. The third-order valence-electron chi connectivity index (χ3n) is 10.4. The number of aliphatic hydroxyl groups excluding tert-OH is 1. The number of Topliss-reactive ketones (excluding diaryl/α,β-unsaturated/α-hetero) is 1. The van der Waals surface area contributed by atoms with Gasteiger partial charge in [0.15, 0.2) is 5.75 Å². The van der Waals surface area contributed by atoms with Crippen LogP contribution in [0.2, 0.25) is 0 Å². The van der Waals surface area contributed by atoms with Crippen LogP contribution in [0.25, 0.3) is 10.8 Å². The zero-order valence-corrected chi connectivity index (χ0v) is 31.5. The number of fused-ring (bicyclic) bond motifs is 1. The summed E-state index contributed by atoms with van der Waals surface area (Å²) in [6.07, 6.45) is 9.22. The average Bonchev–Trinajstić information content (AvgIpc) is 3.08. The van der Waals surface area contributed by atoms with Crippen LogP contribution in [0.5, 0.6) is 5.75 Å². The smallest absolute Gasteiger partial charge is 0.744 e. The van der Waals surface area contributed by atoms with Gasteiger partial charge in [0.25, 0.3) is 5.91 Å². The standard InChI is InChI=1S/C37H45N3O8S.Na/c1-22-11-18-31(33(19-22)49(45,46)47)39-40-34-28-10-6-5-9-24(28)20-30(36(34)43)37(44)38-25-12-14-26(15-13-25)48-27-16-17-29(32(41)21-27)35(42)23-7-3-2-4-8-23;/h5-6,9-11,18-20,23,25-27,29,32,41,43H,2-4,7-8,12-17,21H2,1H3,(H,38,44)(H,45,46,47);/q;+1/p-1. The maximum atomic E-state index is 13.5. The molecule has 0 radical (unpaired) electrons. The van der Waals surface area contributed by atoms with Gasteiger partial charge in [-0.15, -0.1) is 10.2 Å². The number of benzene rings is 3. The summed E-state index contributed by atoms with van der Waals surface area (Å²) in [5, 5.41) is 34.4. The summed E-state index contributed by atoms with van der Waals surface area (Å²) in [6, 6.07) is 12.6. The topological polar surface area (TPSA) is 178 Å². The number of ketones is 1. The molecule has 3 aromatic carbocycles. The van der Waals surface area contributed by atoms with Crippen molar-refractivity contribution in [2.75, 3.05) is 0 Å². The number of rotatable bonds is 9. The van der Waals surface area contributed by atoms with Crippen molar-refractivity contribution in [3.05, 3.63) is 59.7 Å². The molecule has 3 N–H and O–H groups in total. The Labute approximate surface area is 315 Å². The van der Waals surface area contributed by atoms with E-state index in [4.69, 9.17) is 4.74 Å².